The van der Waals surface area contributed by atoms with Crippen molar-refractivity contribution in [3.8, 4) is 0 Å². The van der Waals surface area contributed by atoms with Crippen LogP contribution in [0.2, 0.25) is 0 Å². The molecule has 1 aliphatic heterocycles. The molecule has 0 spiro atoms. The van der Waals surface area contributed by atoms with E-state index in [4.69, 9.17) is 11.6 Å². The maximum Gasteiger partial charge on any atom is 0.273 e. The number of non-ortho nitro benzene ring substituents is 1. The number of nitrogens with zero attached hydrogens (tertiary/aromatic N) is 2. The third kappa shape index (κ3) is 2.50. The molecule has 0 saturated carbocycles. The fraction of sp³-hybridized carbons (Fsp3) is 0.417. The van der Waals surface area contributed by atoms with E-state index in [9.17, 15) is 14.9 Å². The second kappa shape index (κ2) is 4.97. The van der Waals surface area contributed by atoms with Gasteiger partial charge < -0.3 is 16.1 Å². The van der Waals surface area contributed by atoms with Gasteiger partial charge in [0.15, 0.2) is 0 Å². The van der Waals surface area contributed by atoms with Crippen LogP contribution in [-0.2, 0) is 4.79 Å². The molecule has 0 radical (unpaired) electrons. The Labute approximate surface area is 115 Å². The Hall–Kier alpha value is -2.35. The largest absolute Gasteiger partial charge is 0.370 e. The summed E-state index contributed by atoms with van der Waals surface area (Å²) in [6.45, 7) is 2.85. The number of nitrogens with one attached hydrogen (secondary N) is 1. The van der Waals surface area contributed by atoms with Crippen LogP contribution in [0.25, 0.3) is 0 Å². The third-order valence-corrected chi connectivity index (χ3v) is 3.71. The molecule has 1 atom stereocenters. The molecule has 8 nitrogen and oxygen atoms in total. The molecule has 1 aliphatic rings. The van der Waals surface area contributed by atoms with Crippen LogP contribution in [0.1, 0.15) is 13.3 Å². The fourth-order valence-electron chi connectivity index (χ4n) is 2.35. The number of hydrazine groups is 1. The number of primary amides is 1. The first-order chi connectivity index (χ1) is 9.35. The molecule has 8 heteroatoms. The zero-order chi connectivity index (χ0) is 14.9. The lowest BCUT2D eigenvalue weighted by molar-refractivity contribution is -0.384. The summed E-state index contributed by atoms with van der Waals surface area (Å²) < 4.78 is 0. The highest BCUT2D eigenvalue weighted by Crippen LogP contribution is 2.35. The van der Waals surface area contributed by atoms with E-state index >= 15 is 0 Å². The molecular weight excluding hydrogens is 262 g/mol. The molecule has 1 aromatic rings. The van der Waals surface area contributed by atoms with Gasteiger partial charge in [-0.25, -0.2) is 0 Å². The molecule has 1 unspecified atom stereocenters. The van der Waals surface area contributed by atoms with Crippen molar-refractivity contribution < 1.29 is 9.72 Å². The predicted molar refractivity (Wildman–Crippen MR) is 75.0 cm³/mol. The van der Waals surface area contributed by atoms with Crippen molar-refractivity contribution in [2.24, 2.45) is 17.0 Å². The summed E-state index contributed by atoms with van der Waals surface area (Å²) >= 11 is 0. The topological polar surface area (TPSA) is 128 Å². The minimum atomic E-state index is -0.610. The number of rotatable bonds is 4. The third-order valence-electron chi connectivity index (χ3n) is 3.71. The molecule has 0 aromatic heterocycles. The van der Waals surface area contributed by atoms with Gasteiger partial charge in [-0.2, -0.15) is 0 Å². The van der Waals surface area contributed by atoms with Gasteiger partial charge >= 0.3 is 0 Å². The normalized spacial score (nSPS) is 21.8. The first kappa shape index (κ1) is 14.1. The van der Waals surface area contributed by atoms with Crippen molar-refractivity contribution in [2.75, 3.05) is 23.4 Å². The van der Waals surface area contributed by atoms with E-state index in [1.165, 1.54) is 12.1 Å². The van der Waals surface area contributed by atoms with Crippen molar-refractivity contribution >= 4 is 23.0 Å². The second-order valence-electron chi connectivity index (χ2n) is 5.24. The van der Waals surface area contributed by atoms with Crippen molar-refractivity contribution in [2.45, 2.75) is 13.3 Å². The molecule has 108 valence electrons. The van der Waals surface area contributed by atoms with Crippen molar-refractivity contribution in [3.05, 3.63) is 28.3 Å². The fourth-order valence-corrected chi connectivity index (χ4v) is 2.35. The molecular formula is C12H17N5O3. The quantitative estimate of drug-likeness (QED) is 0.420. The molecule has 1 heterocycles. The summed E-state index contributed by atoms with van der Waals surface area (Å²) in [7, 11) is 0. The van der Waals surface area contributed by atoms with Gasteiger partial charge in [-0.05, 0) is 19.4 Å². The van der Waals surface area contributed by atoms with Crippen LogP contribution in [0.3, 0.4) is 0 Å². The number of nitro benzene ring substituents is 1. The lowest BCUT2D eigenvalue weighted by atomic mass is 9.89. The molecule has 2 rings (SSSR count). The smallest absolute Gasteiger partial charge is 0.273 e. The summed E-state index contributed by atoms with van der Waals surface area (Å²) in [5, 5.41) is 10.9. The summed E-state index contributed by atoms with van der Waals surface area (Å²) in [6, 6.07) is 4.53. The van der Waals surface area contributed by atoms with Gasteiger partial charge in [0.2, 0.25) is 5.91 Å². The number of hydrogen-bond donors (Lipinski definition) is 3. The van der Waals surface area contributed by atoms with Crippen LogP contribution in [0.4, 0.5) is 17.1 Å². The molecule has 20 heavy (non-hydrogen) atoms. The number of hydrogen-bond acceptors (Lipinski definition) is 6. The Morgan fingerprint density at radius 3 is 2.70 bits per heavy atom. The SMILES string of the molecule is CC1(C(N)=O)CCN(c2cc(NN)cc([N+](=O)[O-])c2)C1. The number of carbonyl (C=O) groups is 1. The van der Waals surface area contributed by atoms with Crippen LogP contribution in [-0.4, -0.2) is 23.9 Å². The van der Waals surface area contributed by atoms with Crippen molar-refractivity contribution in [1.82, 2.24) is 0 Å². The average molecular weight is 279 g/mol. The number of amides is 1. The molecule has 1 saturated heterocycles. The Bertz CT molecular complexity index is 562. The van der Waals surface area contributed by atoms with Gasteiger partial charge in [-0.1, -0.05) is 0 Å². The summed E-state index contributed by atoms with van der Waals surface area (Å²) in [4.78, 5) is 23.8. The molecule has 0 bridgehead atoms. The number of nitrogen functional groups attached to an aromatic ring is 1. The van der Waals surface area contributed by atoms with Crippen molar-refractivity contribution in [3.63, 3.8) is 0 Å². The van der Waals surface area contributed by atoms with Crippen LogP contribution in [0.5, 0.6) is 0 Å². The molecule has 1 amide bonds. The highest BCUT2D eigenvalue weighted by atomic mass is 16.6. The molecule has 1 aromatic carbocycles. The van der Waals surface area contributed by atoms with Crippen LogP contribution < -0.4 is 21.9 Å². The van der Waals surface area contributed by atoms with E-state index in [-0.39, 0.29) is 11.6 Å². The van der Waals surface area contributed by atoms with Gasteiger partial charge in [0.05, 0.1) is 16.0 Å². The van der Waals surface area contributed by atoms with Crippen LogP contribution in [0.15, 0.2) is 18.2 Å². The maximum atomic E-state index is 11.5. The lowest BCUT2D eigenvalue weighted by Gasteiger charge is -2.22. The van der Waals surface area contributed by atoms with Gasteiger partial charge in [0.1, 0.15) is 0 Å². The Balaban J connectivity index is 2.32. The summed E-state index contributed by atoms with van der Waals surface area (Å²) in [5.41, 5.74) is 8.24. The van der Waals surface area contributed by atoms with Crippen LogP contribution >= 0.6 is 0 Å². The number of anilines is 2. The van der Waals surface area contributed by atoms with Crippen LogP contribution in [0, 0.1) is 15.5 Å². The van der Waals surface area contributed by atoms with Gasteiger partial charge in [0, 0.05) is 30.9 Å². The predicted octanol–water partition coefficient (Wildman–Crippen LogP) is 0.582. The maximum absolute atomic E-state index is 11.5. The lowest BCUT2D eigenvalue weighted by Crippen LogP contribution is -2.37. The zero-order valence-electron chi connectivity index (χ0n) is 11.1. The minimum absolute atomic E-state index is 0.0527. The average Bonchev–Trinajstić information content (AvgIpc) is 2.82. The molecule has 5 N–H and O–H groups in total. The second-order valence-corrected chi connectivity index (χ2v) is 5.24. The molecule has 1 fully saturated rings. The monoisotopic (exact) mass is 279 g/mol. The number of carbonyl (C=O) groups excluding carboxylic acids is 1. The summed E-state index contributed by atoms with van der Waals surface area (Å²) in [5.74, 6) is 4.96. The Kier molecular flexibility index (Phi) is 3.49. The van der Waals surface area contributed by atoms with E-state index in [0.717, 1.165) is 0 Å². The van der Waals surface area contributed by atoms with E-state index < -0.39 is 10.3 Å². The van der Waals surface area contributed by atoms with E-state index in [0.29, 0.717) is 30.9 Å². The van der Waals surface area contributed by atoms with E-state index in [1.807, 2.05) is 4.90 Å². The van der Waals surface area contributed by atoms with E-state index in [1.54, 1.807) is 13.0 Å². The standard InChI is InChI=1S/C12H17N5O3/c1-12(11(13)18)2-3-16(7-12)9-4-8(15-14)5-10(6-9)17(19)20/h4-6,15H,2-3,7,14H2,1H3,(H2,13,18). The van der Waals surface area contributed by atoms with E-state index in [2.05, 4.69) is 5.43 Å². The zero-order valence-corrected chi connectivity index (χ0v) is 11.1. The Morgan fingerprint density at radius 1 is 1.50 bits per heavy atom. The number of nitro groups is 1. The first-order valence-electron chi connectivity index (χ1n) is 6.17. The van der Waals surface area contributed by atoms with Gasteiger partial charge in [-0.15, -0.1) is 0 Å². The summed E-state index contributed by atoms with van der Waals surface area (Å²) in [6.07, 6.45) is 0.621. The first-order valence-corrected chi connectivity index (χ1v) is 6.17. The Morgan fingerprint density at radius 2 is 2.20 bits per heavy atom. The van der Waals surface area contributed by atoms with Gasteiger partial charge in [0.25, 0.3) is 5.69 Å². The number of benzene rings is 1. The number of nitrogens with two attached hydrogens (primary N) is 2. The molecule has 0 aliphatic carbocycles. The van der Waals surface area contributed by atoms with Crippen molar-refractivity contribution in [1.29, 1.82) is 0 Å². The van der Waals surface area contributed by atoms with Gasteiger partial charge in [-0.3, -0.25) is 20.8 Å². The highest BCUT2D eigenvalue weighted by Gasteiger charge is 2.39. The highest BCUT2D eigenvalue weighted by molar-refractivity contribution is 5.82. The minimum Gasteiger partial charge on any atom is -0.370 e.